The lowest BCUT2D eigenvalue weighted by Crippen LogP contribution is -2.02. The number of hydrogen-bond acceptors (Lipinski definition) is 4. The largest absolute Gasteiger partial charge is 0.399 e. The van der Waals surface area contributed by atoms with Gasteiger partial charge in [-0.1, -0.05) is 0 Å². The summed E-state index contributed by atoms with van der Waals surface area (Å²) in [6.45, 7) is 0. The Morgan fingerprint density at radius 2 is 1.38 bits per heavy atom. The van der Waals surface area contributed by atoms with Crippen LogP contribution in [-0.2, 0) is 18.8 Å². The van der Waals surface area contributed by atoms with E-state index in [1.165, 1.54) is 0 Å². The van der Waals surface area contributed by atoms with E-state index in [-0.39, 0.29) is 4.70 Å². The summed E-state index contributed by atoms with van der Waals surface area (Å²) in [7, 11) is -1.60. The molecule has 0 aliphatic carbocycles. The molecule has 8 heavy (non-hydrogen) atoms. The van der Waals surface area contributed by atoms with Crippen molar-refractivity contribution in [3.05, 3.63) is 0 Å². The molecule has 0 heterocycles. The molecular formula is C2H7FO4S. The highest BCUT2D eigenvalue weighted by Crippen LogP contribution is 1.85. The first-order valence-corrected chi connectivity index (χ1v) is 2.82. The van der Waals surface area contributed by atoms with Crippen LogP contribution in [0.1, 0.15) is 0 Å². The molecule has 0 bridgehead atoms. The minimum absolute atomic E-state index is 0. The van der Waals surface area contributed by atoms with Crippen molar-refractivity contribution in [2.24, 2.45) is 0 Å². The van der Waals surface area contributed by atoms with Gasteiger partial charge in [0, 0.05) is 0 Å². The average molecular weight is 146 g/mol. The quantitative estimate of drug-likeness (QED) is 0.535. The summed E-state index contributed by atoms with van der Waals surface area (Å²) in [5.74, 6) is 0. The molecule has 0 amide bonds. The minimum Gasteiger partial charge on any atom is -0.269 e. The fourth-order valence-electron chi connectivity index (χ4n) is 0.0680. The molecular weight excluding hydrogens is 139 g/mol. The Hall–Kier alpha value is -0.200. The predicted molar refractivity (Wildman–Crippen MR) is 25.4 cm³/mol. The number of halogens is 1. The molecule has 52 valence electrons. The van der Waals surface area contributed by atoms with Crippen molar-refractivity contribution >= 4 is 10.4 Å². The van der Waals surface area contributed by atoms with Gasteiger partial charge in [0.1, 0.15) is 0 Å². The van der Waals surface area contributed by atoms with E-state index < -0.39 is 10.4 Å². The zero-order valence-electron chi connectivity index (χ0n) is 4.45. The summed E-state index contributed by atoms with van der Waals surface area (Å²) < 4.78 is 27.5. The van der Waals surface area contributed by atoms with E-state index in [0.717, 1.165) is 14.2 Å². The first kappa shape index (κ1) is 10.7. The third kappa shape index (κ3) is 3.97. The Kier molecular flexibility index (Phi) is 5.04. The van der Waals surface area contributed by atoms with Crippen LogP contribution >= 0.6 is 0 Å². The lowest BCUT2D eigenvalue weighted by atomic mass is 11.8. The van der Waals surface area contributed by atoms with E-state index in [1.807, 2.05) is 0 Å². The van der Waals surface area contributed by atoms with Gasteiger partial charge >= 0.3 is 10.4 Å². The molecule has 0 aromatic rings. The summed E-state index contributed by atoms with van der Waals surface area (Å²) in [5, 5.41) is 0. The molecule has 0 aliphatic heterocycles. The second kappa shape index (κ2) is 3.76. The van der Waals surface area contributed by atoms with Crippen molar-refractivity contribution in [3.63, 3.8) is 0 Å². The molecule has 0 saturated carbocycles. The summed E-state index contributed by atoms with van der Waals surface area (Å²) in [6.07, 6.45) is 0. The van der Waals surface area contributed by atoms with Gasteiger partial charge in [0.2, 0.25) is 0 Å². The maximum absolute atomic E-state index is 9.92. The molecule has 0 saturated heterocycles. The Bertz CT molecular complexity index is 117. The highest BCUT2D eigenvalue weighted by Gasteiger charge is 2.01. The van der Waals surface area contributed by atoms with Crippen LogP contribution in [0.4, 0.5) is 4.70 Å². The molecule has 0 spiro atoms. The third-order valence-corrected chi connectivity index (χ3v) is 1.22. The highest BCUT2D eigenvalue weighted by molar-refractivity contribution is 7.81. The minimum atomic E-state index is -3.66. The fourth-order valence-corrected chi connectivity index (χ4v) is 0.204. The van der Waals surface area contributed by atoms with Gasteiger partial charge in [-0.2, -0.15) is 8.42 Å². The Balaban J connectivity index is 0. The van der Waals surface area contributed by atoms with Gasteiger partial charge in [0.05, 0.1) is 14.2 Å². The molecule has 0 rings (SSSR count). The maximum atomic E-state index is 9.92. The van der Waals surface area contributed by atoms with Crippen molar-refractivity contribution in [3.8, 4) is 0 Å². The third-order valence-electron chi connectivity index (χ3n) is 0.408. The van der Waals surface area contributed by atoms with Gasteiger partial charge in [-0.05, 0) is 0 Å². The molecule has 0 atom stereocenters. The lowest BCUT2D eigenvalue weighted by molar-refractivity contribution is 0.286. The Morgan fingerprint density at radius 3 is 1.38 bits per heavy atom. The van der Waals surface area contributed by atoms with Crippen LogP contribution in [0.15, 0.2) is 0 Å². The Labute approximate surface area is 47.1 Å². The summed E-state index contributed by atoms with van der Waals surface area (Å²) >= 11 is 0. The van der Waals surface area contributed by atoms with Gasteiger partial charge in [0.15, 0.2) is 0 Å². The van der Waals surface area contributed by atoms with E-state index in [0.29, 0.717) is 0 Å². The SMILES string of the molecule is COS(=O)(=O)OC.F. The molecule has 0 aromatic carbocycles. The molecule has 0 N–H and O–H groups in total. The molecule has 0 fully saturated rings. The van der Waals surface area contributed by atoms with Crippen LogP contribution in [0.25, 0.3) is 0 Å². The molecule has 0 radical (unpaired) electrons. The second-order valence-corrected chi connectivity index (χ2v) is 2.22. The smallest absolute Gasteiger partial charge is 0.269 e. The van der Waals surface area contributed by atoms with Gasteiger partial charge < -0.3 is 0 Å². The summed E-state index contributed by atoms with van der Waals surface area (Å²) in [4.78, 5) is 0. The first-order chi connectivity index (χ1) is 3.12. The standard InChI is InChI=1S/C2H6O4S.FH/c1-5-7(3,4)6-2;/h1-2H3;1H. The van der Waals surface area contributed by atoms with E-state index in [9.17, 15) is 8.42 Å². The maximum Gasteiger partial charge on any atom is 0.399 e. The topological polar surface area (TPSA) is 52.6 Å². The van der Waals surface area contributed by atoms with E-state index in [2.05, 4.69) is 8.37 Å². The van der Waals surface area contributed by atoms with E-state index in [4.69, 9.17) is 0 Å². The van der Waals surface area contributed by atoms with Crippen molar-refractivity contribution in [2.45, 2.75) is 0 Å². The van der Waals surface area contributed by atoms with E-state index >= 15 is 0 Å². The summed E-state index contributed by atoms with van der Waals surface area (Å²) in [6, 6.07) is 0. The fraction of sp³-hybridized carbons (Fsp3) is 1.00. The van der Waals surface area contributed by atoms with Gasteiger partial charge in [-0.25, -0.2) is 0 Å². The first-order valence-electron chi connectivity index (χ1n) is 1.48. The van der Waals surface area contributed by atoms with Crippen LogP contribution < -0.4 is 0 Å². The normalized spacial score (nSPS) is 10.2. The molecule has 0 aromatic heterocycles. The van der Waals surface area contributed by atoms with Crippen LogP contribution in [0.2, 0.25) is 0 Å². The van der Waals surface area contributed by atoms with Crippen LogP contribution in [0.5, 0.6) is 0 Å². The molecule has 6 heteroatoms. The van der Waals surface area contributed by atoms with Crippen LogP contribution in [-0.4, -0.2) is 22.6 Å². The van der Waals surface area contributed by atoms with Crippen molar-refractivity contribution < 1.29 is 21.5 Å². The molecule has 0 unspecified atom stereocenters. The molecule has 0 aliphatic rings. The Morgan fingerprint density at radius 1 is 1.12 bits per heavy atom. The lowest BCUT2D eigenvalue weighted by Gasteiger charge is -1.91. The monoisotopic (exact) mass is 146 g/mol. The van der Waals surface area contributed by atoms with Crippen LogP contribution in [0.3, 0.4) is 0 Å². The van der Waals surface area contributed by atoms with Crippen molar-refractivity contribution in [2.75, 3.05) is 14.2 Å². The molecule has 4 nitrogen and oxygen atoms in total. The number of hydrogen-bond donors (Lipinski definition) is 0. The van der Waals surface area contributed by atoms with Gasteiger partial charge in [-0.3, -0.25) is 13.1 Å². The predicted octanol–water partition coefficient (Wildman–Crippen LogP) is -0.323. The van der Waals surface area contributed by atoms with Gasteiger partial charge in [-0.15, -0.1) is 0 Å². The van der Waals surface area contributed by atoms with Crippen molar-refractivity contribution in [1.29, 1.82) is 0 Å². The van der Waals surface area contributed by atoms with Crippen molar-refractivity contribution in [1.82, 2.24) is 0 Å². The second-order valence-electron chi connectivity index (χ2n) is 0.742. The number of rotatable bonds is 2. The van der Waals surface area contributed by atoms with E-state index in [1.54, 1.807) is 0 Å². The van der Waals surface area contributed by atoms with Crippen LogP contribution in [0, 0.1) is 0 Å². The zero-order chi connectivity index (χ0) is 5.91. The summed E-state index contributed by atoms with van der Waals surface area (Å²) in [5.41, 5.74) is 0. The highest BCUT2D eigenvalue weighted by atomic mass is 32.3. The van der Waals surface area contributed by atoms with Gasteiger partial charge in [0.25, 0.3) is 0 Å². The average Bonchev–Trinajstić information content (AvgIpc) is 1.68. The zero-order valence-corrected chi connectivity index (χ0v) is 5.27.